The van der Waals surface area contributed by atoms with E-state index in [1.165, 1.54) is 0 Å². The van der Waals surface area contributed by atoms with Crippen molar-refractivity contribution >= 4 is 17.5 Å². The van der Waals surface area contributed by atoms with Gasteiger partial charge in [0.05, 0.1) is 12.1 Å². The van der Waals surface area contributed by atoms with Gasteiger partial charge in [0.25, 0.3) is 0 Å². The molecule has 1 aliphatic heterocycles. The van der Waals surface area contributed by atoms with Crippen LogP contribution in [0.2, 0.25) is 5.02 Å². The van der Waals surface area contributed by atoms with Gasteiger partial charge < -0.3 is 4.90 Å². The molecule has 1 amide bonds. The first kappa shape index (κ1) is 13.1. The van der Waals surface area contributed by atoms with Crippen LogP contribution in [0.4, 0.5) is 0 Å². The zero-order valence-electron chi connectivity index (χ0n) is 10.9. The maximum Gasteiger partial charge on any atom is 0.227 e. The van der Waals surface area contributed by atoms with Gasteiger partial charge in [0.2, 0.25) is 5.91 Å². The summed E-state index contributed by atoms with van der Waals surface area (Å²) in [6.45, 7) is 1.28. The van der Waals surface area contributed by atoms with Crippen molar-refractivity contribution in [1.82, 2.24) is 14.9 Å². The zero-order valence-corrected chi connectivity index (χ0v) is 11.7. The molecule has 0 spiro atoms. The van der Waals surface area contributed by atoms with E-state index in [0.29, 0.717) is 24.5 Å². The number of rotatable bonds is 2. The Balaban J connectivity index is 1.72. The zero-order chi connectivity index (χ0) is 13.9. The molecular weight excluding hydrogens is 274 g/mol. The number of aromatic nitrogens is 2. The number of carbonyl (C=O) groups excluding carboxylic acids is 1. The van der Waals surface area contributed by atoms with Crippen LogP contribution in [0, 0.1) is 0 Å². The summed E-state index contributed by atoms with van der Waals surface area (Å²) in [6.07, 6.45) is 4.46. The summed E-state index contributed by atoms with van der Waals surface area (Å²) in [4.78, 5) is 22.5. The normalized spacial score (nSPS) is 13.9. The number of fused-ring (bicyclic) bond motifs is 1. The Morgan fingerprint density at radius 3 is 3.05 bits per heavy atom. The minimum Gasteiger partial charge on any atom is -0.338 e. The first-order chi connectivity index (χ1) is 9.74. The molecule has 0 bridgehead atoms. The molecule has 2 heterocycles. The van der Waals surface area contributed by atoms with Gasteiger partial charge in [0, 0.05) is 36.3 Å². The predicted octanol–water partition coefficient (Wildman–Crippen LogP) is 2.26. The molecule has 1 aromatic heterocycles. The fraction of sp³-hybridized carbons (Fsp3) is 0.267. The van der Waals surface area contributed by atoms with Gasteiger partial charge in [-0.25, -0.2) is 9.97 Å². The third-order valence-electron chi connectivity index (χ3n) is 3.51. The smallest absolute Gasteiger partial charge is 0.227 e. The van der Waals surface area contributed by atoms with Gasteiger partial charge in [0.1, 0.15) is 6.33 Å². The first-order valence-electron chi connectivity index (χ1n) is 6.53. The summed E-state index contributed by atoms with van der Waals surface area (Å²) >= 11 is 6.10. The molecule has 1 aliphatic rings. The van der Waals surface area contributed by atoms with Crippen LogP contribution in [0.3, 0.4) is 0 Å². The number of benzene rings is 1. The van der Waals surface area contributed by atoms with E-state index in [-0.39, 0.29) is 5.91 Å². The van der Waals surface area contributed by atoms with Gasteiger partial charge in [0.15, 0.2) is 0 Å². The SMILES string of the molecule is O=C(Cc1ccccc1Cl)N1CCc2ncncc2C1. The Morgan fingerprint density at radius 1 is 1.35 bits per heavy atom. The number of amides is 1. The van der Waals surface area contributed by atoms with Crippen LogP contribution in [0.5, 0.6) is 0 Å². The van der Waals surface area contributed by atoms with Crippen LogP contribution in [0.25, 0.3) is 0 Å². The molecule has 0 saturated heterocycles. The lowest BCUT2D eigenvalue weighted by atomic mass is 10.1. The van der Waals surface area contributed by atoms with Crippen LogP contribution in [0.1, 0.15) is 16.8 Å². The maximum atomic E-state index is 12.4. The van der Waals surface area contributed by atoms with Crippen molar-refractivity contribution in [3.63, 3.8) is 0 Å². The van der Waals surface area contributed by atoms with Crippen LogP contribution < -0.4 is 0 Å². The van der Waals surface area contributed by atoms with Gasteiger partial charge >= 0.3 is 0 Å². The fourth-order valence-corrected chi connectivity index (χ4v) is 2.60. The van der Waals surface area contributed by atoms with E-state index in [0.717, 1.165) is 23.2 Å². The molecule has 1 aromatic carbocycles. The Kier molecular flexibility index (Phi) is 3.65. The molecule has 20 heavy (non-hydrogen) atoms. The van der Waals surface area contributed by atoms with E-state index in [9.17, 15) is 4.79 Å². The maximum absolute atomic E-state index is 12.4. The standard InChI is InChI=1S/C15H14ClN3O/c16-13-4-2-1-3-11(13)7-15(20)19-6-5-14-12(9-19)8-17-10-18-14/h1-4,8,10H,5-7,9H2. The second-order valence-corrected chi connectivity index (χ2v) is 5.24. The lowest BCUT2D eigenvalue weighted by molar-refractivity contribution is -0.131. The average Bonchev–Trinajstić information content (AvgIpc) is 2.49. The molecule has 0 unspecified atom stereocenters. The lowest BCUT2D eigenvalue weighted by Gasteiger charge is -2.28. The van der Waals surface area contributed by atoms with E-state index < -0.39 is 0 Å². The largest absolute Gasteiger partial charge is 0.338 e. The highest BCUT2D eigenvalue weighted by Crippen LogP contribution is 2.19. The lowest BCUT2D eigenvalue weighted by Crippen LogP contribution is -2.37. The van der Waals surface area contributed by atoms with Crippen LogP contribution >= 0.6 is 11.6 Å². The van der Waals surface area contributed by atoms with E-state index in [2.05, 4.69) is 9.97 Å². The molecule has 3 rings (SSSR count). The Morgan fingerprint density at radius 2 is 2.20 bits per heavy atom. The number of hydrogen-bond acceptors (Lipinski definition) is 3. The highest BCUT2D eigenvalue weighted by atomic mass is 35.5. The van der Waals surface area contributed by atoms with Crippen LogP contribution in [0.15, 0.2) is 36.8 Å². The topological polar surface area (TPSA) is 46.1 Å². The van der Waals surface area contributed by atoms with Crippen molar-refractivity contribution in [1.29, 1.82) is 0 Å². The van der Waals surface area contributed by atoms with Gasteiger partial charge in [-0.15, -0.1) is 0 Å². The second kappa shape index (κ2) is 5.59. The van der Waals surface area contributed by atoms with Crippen molar-refractivity contribution in [3.8, 4) is 0 Å². The molecule has 102 valence electrons. The summed E-state index contributed by atoms with van der Waals surface area (Å²) < 4.78 is 0. The molecule has 0 fully saturated rings. The molecule has 5 heteroatoms. The Labute approximate surface area is 122 Å². The summed E-state index contributed by atoms with van der Waals surface area (Å²) in [7, 11) is 0. The highest BCUT2D eigenvalue weighted by molar-refractivity contribution is 6.31. The predicted molar refractivity (Wildman–Crippen MR) is 76.3 cm³/mol. The first-order valence-corrected chi connectivity index (χ1v) is 6.91. The van der Waals surface area contributed by atoms with E-state index in [1.807, 2.05) is 29.2 Å². The average molecular weight is 288 g/mol. The van der Waals surface area contributed by atoms with Crippen molar-refractivity contribution in [3.05, 3.63) is 58.6 Å². The van der Waals surface area contributed by atoms with Gasteiger partial charge in [-0.3, -0.25) is 4.79 Å². The van der Waals surface area contributed by atoms with Crippen molar-refractivity contribution in [2.45, 2.75) is 19.4 Å². The Bertz CT molecular complexity index is 645. The monoisotopic (exact) mass is 287 g/mol. The van der Waals surface area contributed by atoms with E-state index in [1.54, 1.807) is 12.5 Å². The van der Waals surface area contributed by atoms with Crippen molar-refractivity contribution < 1.29 is 4.79 Å². The molecule has 2 aromatic rings. The molecule has 0 radical (unpaired) electrons. The summed E-state index contributed by atoms with van der Waals surface area (Å²) in [5.41, 5.74) is 2.95. The van der Waals surface area contributed by atoms with Crippen molar-refractivity contribution in [2.24, 2.45) is 0 Å². The molecule has 0 atom stereocenters. The number of hydrogen-bond donors (Lipinski definition) is 0. The number of nitrogens with zero attached hydrogens (tertiary/aromatic N) is 3. The molecular formula is C15H14ClN3O. The molecule has 0 N–H and O–H groups in total. The summed E-state index contributed by atoms with van der Waals surface area (Å²) in [5.74, 6) is 0.0904. The number of carbonyl (C=O) groups is 1. The quantitative estimate of drug-likeness (QED) is 0.851. The summed E-state index contributed by atoms with van der Waals surface area (Å²) in [6, 6.07) is 7.46. The van der Waals surface area contributed by atoms with Gasteiger partial charge in [-0.05, 0) is 11.6 Å². The summed E-state index contributed by atoms with van der Waals surface area (Å²) in [5, 5.41) is 0.640. The second-order valence-electron chi connectivity index (χ2n) is 4.83. The highest BCUT2D eigenvalue weighted by Gasteiger charge is 2.21. The fourth-order valence-electron chi connectivity index (χ4n) is 2.40. The Hall–Kier alpha value is -1.94. The van der Waals surface area contributed by atoms with Crippen molar-refractivity contribution in [2.75, 3.05) is 6.54 Å². The minimum atomic E-state index is 0.0904. The van der Waals surface area contributed by atoms with E-state index >= 15 is 0 Å². The van der Waals surface area contributed by atoms with Gasteiger partial charge in [-0.2, -0.15) is 0 Å². The third-order valence-corrected chi connectivity index (χ3v) is 3.88. The number of halogens is 1. The van der Waals surface area contributed by atoms with E-state index in [4.69, 9.17) is 11.6 Å². The molecule has 4 nitrogen and oxygen atoms in total. The third kappa shape index (κ3) is 2.65. The molecule has 0 aliphatic carbocycles. The minimum absolute atomic E-state index is 0.0904. The van der Waals surface area contributed by atoms with Gasteiger partial charge in [-0.1, -0.05) is 29.8 Å². The molecule has 0 saturated carbocycles. The van der Waals surface area contributed by atoms with Crippen LogP contribution in [-0.4, -0.2) is 27.3 Å². The van der Waals surface area contributed by atoms with Crippen LogP contribution in [-0.2, 0) is 24.2 Å².